The molecule has 1 N–H and O–H groups in total. The highest BCUT2D eigenvalue weighted by Crippen LogP contribution is 2.42. The standard InChI is InChI=1S/C22H26N2O2/c1-2-3-4-7-16-10-12-17(13-11-16)21-19(14-23)24(20(21)15-25)22(26)18-8-5-6-9-18/h10-13,18-21,25H,2-3,5-6,8-9,15H2,1H3/t19-,20-,21-/m1/s1. The van der Waals surface area contributed by atoms with Crippen molar-refractivity contribution < 1.29 is 9.90 Å². The lowest BCUT2D eigenvalue weighted by atomic mass is 9.75. The van der Waals surface area contributed by atoms with Crippen molar-refractivity contribution in [3.05, 3.63) is 35.4 Å². The Bertz CT molecular complexity index is 732. The molecule has 2 aliphatic rings. The average molecular weight is 350 g/mol. The number of nitriles is 1. The van der Waals surface area contributed by atoms with Crippen molar-refractivity contribution in [1.29, 1.82) is 5.26 Å². The van der Waals surface area contributed by atoms with Crippen LogP contribution in [0.15, 0.2) is 24.3 Å². The summed E-state index contributed by atoms with van der Waals surface area (Å²) in [5.41, 5.74) is 1.95. The van der Waals surface area contributed by atoms with Crippen LogP contribution < -0.4 is 0 Å². The van der Waals surface area contributed by atoms with Gasteiger partial charge < -0.3 is 10.0 Å². The second-order valence-electron chi connectivity index (χ2n) is 7.25. The molecule has 4 heteroatoms. The molecule has 3 rings (SSSR count). The third kappa shape index (κ3) is 3.48. The van der Waals surface area contributed by atoms with Gasteiger partial charge in [0.05, 0.1) is 18.7 Å². The van der Waals surface area contributed by atoms with Gasteiger partial charge in [0.25, 0.3) is 0 Å². The van der Waals surface area contributed by atoms with Crippen LogP contribution in [0.4, 0.5) is 0 Å². The fourth-order valence-corrected chi connectivity index (χ4v) is 4.17. The van der Waals surface area contributed by atoms with E-state index < -0.39 is 6.04 Å². The van der Waals surface area contributed by atoms with Crippen molar-refractivity contribution in [2.24, 2.45) is 5.92 Å². The Balaban J connectivity index is 1.76. The fourth-order valence-electron chi connectivity index (χ4n) is 4.17. The summed E-state index contributed by atoms with van der Waals surface area (Å²) in [7, 11) is 0. The molecule has 0 radical (unpaired) electrons. The number of aliphatic hydroxyl groups excluding tert-OH is 1. The molecule has 0 unspecified atom stereocenters. The van der Waals surface area contributed by atoms with Gasteiger partial charge in [-0.1, -0.05) is 43.7 Å². The van der Waals surface area contributed by atoms with E-state index in [-0.39, 0.29) is 30.4 Å². The van der Waals surface area contributed by atoms with Crippen LogP contribution in [0.5, 0.6) is 0 Å². The van der Waals surface area contributed by atoms with Crippen molar-refractivity contribution in [3.8, 4) is 17.9 Å². The molecule has 1 amide bonds. The van der Waals surface area contributed by atoms with Gasteiger partial charge in [0, 0.05) is 23.8 Å². The summed E-state index contributed by atoms with van der Waals surface area (Å²) in [5.74, 6) is 6.20. The smallest absolute Gasteiger partial charge is 0.227 e. The molecule has 3 atom stereocenters. The molecule has 1 heterocycles. The average Bonchev–Trinajstić information content (AvgIpc) is 3.18. The minimum absolute atomic E-state index is 0.0251. The summed E-state index contributed by atoms with van der Waals surface area (Å²) in [6.07, 6.45) is 5.89. The second-order valence-corrected chi connectivity index (χ2v) is 7.25. The highest BCUT2D eigenvalue weighted by molar-refractivity contribution is 5.82. The number of hydrogen-bond donors (Lipinski definition) is 1. The van der Waals surface area contributed by atoms with E-state index in [1.165, 1.54) is 0 Å². The zero-order valence-corrected chi connectivity index (χ0v) is 15.3. The van der Waals surface area contributed by atoms with Gasteiger partial charge in [0.1, 0.15) is 6.04 Å². The number of rotatable bonds is 4. The van der Waals surface area contributed by atoms with Gasteiger partial charge in [-0.15, -0.1) is 0 Å². The number of aliphatic hydroxyl groups is 1. The quantitative estimate of drug-likeness (QED) is 0.848. The predicted molar refractivity (Wildman–Crippen MR) is 100 cm³/mol. The van der Waals surface area contributed by atoms with Crippen LogP contribution in [0, 0.1) is 29.1 Å². The topological polar surface area (TPSA) is 64.3 Å². The van der Waals surface area contributed by atoms with Crippen LogP contribution in [-0.2, 0) is 4.79 Å². The van der Waals surface area contributed by atoms with Crippen molar-refractivity contribution >= 4 is 5.91 Å². The number of amides is 1. The number of carbonyl (C=O) groups is 1. The van der Waals surface area contributed by atoms with Crippen LogP contribution in [0.2, 0.25) is 0 Å². The monoisotopic (exact) mass is 350 g/mol. The first-order chi connectivity index (χ1) is 12.7. The zero-order valence-electron chi connectivity index (χ0n) is 15.3. The Morgan fingerprint density at radius 3 is 2.54 bits per heavy atom. The zero-order chi connectivity index (χ0) is 18.5. The van der Waals surface area contributed by atoms with E-state index in [2.05, 4.69) is 24.8 Å². The van der Waals surface area contributed by atoms with E-state index in [9.17, 15) is 15.2 Å². The van der Waals surface area contributed by atoms with Gasteiger partial charge in [0.15, 0.2) is 0 Å². The summed E-state index contributed by atoms with van der Waals surface area (Å²) in [5, 5.41) is 19.5. The number of benzene rings is 1. The Labute approximate surface area is 155 Å². The number of carbonyl (C=O) groups excluding carboxylic acids is 1. The molecule has 1 aliphatic heterocycles. The number of hydrogen-bond acceptors (Lipinski definition) is 3. The maximum absolute atomic E-state index is 12.8. The number of likely N-dealkylation sites (tertiary alicyclic amines) is 1. The molecule has 1 saturated heterocycles. The van der Waals surface area contributed by atoms with Crippen molar-refractivity contribution in [1.82, 2.24) is 4.90 Å². The van der Waals surface area contributed by atoms with Crippen LogP contribution >= 0.6 is 0 Å². The van der Waals surface area contributed by atoms with Gasteiger partial charge >= 0.3 is 0 Å². The van der Waals surface area contributed by atoms with Gasteiger partial charge in [-0.2, -0.15) is 5.26 Å². The molecule has 0 spiro atoms. The van der Waals surface area contributed by atoms with Crippen LogP contribution in [-0.4, -0.2) is 34.6 Å². The largest absolute Gasteiger partial charge is 0.394 e. The van der Waals surface area contributed by atoms with E-state index in [0.717, 1.165) is 49.7 Å². The Morgan fingerprint density at radius 1 is 1.27 bits per heavy atom. The molecule has 2 fully saturated rings. The first kappa shape index (κ1) is 18.5. The molecule has 1 aliphatic carbocycles. The van der Waals surface area contributed by atoms with E-state index in [1.807, 2.05) is 24.3 Å². The SMILES string of the molecule is CCCC#Cc1ccc([C@@H]2[C@@H](C#N)N(C(=O)C3CCCC3)[C@@H]2CO)cc1. The maximum atomic E-state index is 12.8. The highest BCUT2D eigenvalue weighted by atomic mass is 16.3. The van der Waals surface area contributed by atoms with Gasteiger partial charge in [-0.25, -0.2) is 0 Å². The third-order valence-electron chi connectivity index (χ3n) is 5.59. The first-order valence-electron chi connectivity index (χ1n) is 9.62. The molecule has 0 bridgehead atoms. The molecule has 136 valence electrons. The minimum atomic E-state index is -0.489. The minimum Gasteiger partial charge on any atom is -0.394 e. The van der Waals surface area contributed by atoms with Crippen molar-refractivity contribution in [2.45, 2.75) is 63.5 Å². The Hall–Kier alpha value is -2.30. The summed E-state index contributed by atoms with van der Waals surface area (Å²) < 4.78 is 0. The van der Waals surface area contributed by atoms with Crippen molar-refractivity contribution in [2.75, 3.05) is 6.61 Å². The highest BCUT2D eigenvalue weighted by Gasteiger charge is 2.52. The first-order valence-corrected chi connectivity index (χ1v) is 9.62. The summed E-state index contributed by atoms with van der Waals surface area (Å²) in [6.45, 7) is 1.99. The van der Waals surface area contributed by atoms with E-state index >= 15 is 0 Å². The van der Waals surface area contributed by atoms with Gasteiger partial charge in [0.2, 0.25) is 5.91 Å². The lowest BCUT2D eigenvalue weighted by Gasteiger charge is -2.52. The molecule has 1 saturated carbocycles. The van der Waals surface area contributed by atoms with Gasteiger partial charge in [-0.3, -0.25) is 4.79 Å². The summed E-state index contributed by atoms with van der Waals surface area (Å²) in [6, 6.07) is 9.38. The second kappa shape index (κ2) is 8.39. The van der Waals surface area contributed by atoms with Crippen LogP contribution in [0.25, 0.3) is 0 Å². The number of unbranched alkanes of at least 4 members (excludes halogenated alkanes) is 1. The molecule has 0 aromatic heterocycles. The summed E-state index contributed by atoms with van der Waals surface area (Å²) >= 11 is 0. The van der Waals surface area contributed by atoms with E-state index in [1.54, 1.807) is 4.90 Å². The molecule has 1 aromatic carbocycles. The maximum Gasteiger partial charge on any atom is 0.227 e. The lowest BCUT2D eigenvalue weighted by molar-refractivity contribution is -0.151. The van der Waals surface area contributed by atoms with E-state index in [0.29, 0.717) is 0 Å². The van der Waals surface area contributed by atoms with Crippen LogP contribution in [0.1, 0.15) is 62.5 Å². The molecular weight excluding hydrogens is 324 g/mol. The molecule has 1 aromatic rings. The Kier molecular flexibility index (Phi) is 5.96. The number of nitrogens with zero attached hydrogens (tertiary/aromatic N) is 2. The molecule has 26 heavy (non-hydrogen) atoms. The summed E-state index contributed by atoms with van der Waals surface area (Å²) in [4.78, 5) is 14.4. The van der Waals surface area contributed by atoms with E-state index in [4.69, 9.17) is 0 Å². The lowest BCUT2D eigenvalue weighted by Crippen LogP contribution is -2.66. The predicted octanol–water partition coefficient (Wildman–Crippen LogP) is 3.21. The van der Waals surface area contributed by atoms with Gasteiger partial charge in [-0.05, 0) is 37.0 Å². The third-order valence-corrected chi connectivity index (χ3v) is 5.59. The van der Waals surface area contributed by atoms with Crippen molar-refractivity contribution in [3.63, 3.8) is 0 Å². The molecular formula is C22H26N2O2. The van der Waals surface area contributed by atoms with Crippen LogP contribution in [0.3, 0.4) is 0 Å². The Morgan fingerprint density at radius 2 is 1.96 bits per heavy atom. The normalized spacial score (nSPS) is 25.1. The fraction of sp³-hybridized carbons (Fsp3) is 0.545. The molecule has 4 nitrogen and oxygen atoms in total.